The van der Waals surface area contributed by atoms with Crippen molar-refractivity contribution in [1.29, 1.82) is 0 Å². The number of piperidine rings is 1. The van der Waals surface area contributed by atoms with Crippen molar-refractivity contribution in [2.45, 2.75) is 46.1 Å². The maximum atomic E-state index is 11.5. The minimum Gasteiger partial charge on any atom is -0.480 e. The van der Waals surface area contributed by atoms with Gasteiger partial charge in [0.2, 0.25) is 0 Å². The highest BCUT2D eigenvalue weighted by Crippen LogP contribution is 2.30. The Kier molecular flexibility index (Phi) is 4.08. The molecule has 4 heteroatoms. The van der Waals surface area contributed by atoms with Gasteiger partial charge in [0.1, 0.15) is 6.04 Å². The topological polar surface area (TPSA) is 53.4 Å². The molecule has 19 heavy (non-hydrogen) atoms. The molecule has 1 N–H and O–H groups in total. The third kappa shape index (κ3) is 3.06. The van der Waals surface area contributed by atoms with Gasteiger partial charge in [0.05, 0.1) is 0 Å². The zero-order valence-electron chi connectivity index (χ0n) is 11.9. The number of aryl methyl sites for hydroxylation is 2. The molecule has 0 radical (unpaired) electrons. The number of aliphatic carboxylic acids is 1. The molecule has 1 saturated heterocycles. The van der Waals surface area contributed by atoms with Crippen molar-refractivity contribution in [2.75, 3.05) is 11.4 Å². The molecule has 0 spiro atoms. The average Bonchev–Trinajstić information content (AvgIpc) is 2.36. The molecule has 1 aliphatic rings. The first-order chi connectivity index (χ1) is 9.01. The monoisotopic (exact) mass is 262 g/mol. The van der Waals surface area contributed by atoms with Gasteiger partial charge in [-0.1, -0.05) is 13.3 Å². The van der Waals surface area contributed by atoms with E-state index in [0.717, 1.165) is 42.9 Å². The summed E-state index contributed by atoms with van der Waals surface area (Å²) in [5.41, 5.74) is 2.88. The Morgan fingerprint density at radius 2 is 2.05 bits per heavy atom. The molecule has 1 fully saturated rings. The van der Waals surface area contributed by atoms with Crippen LogP contribution in [0.15, 0.2) is 12.1 Å². The summed E-state index contributed by atoms with van der Waals surface area (Å²) in [6.07, 6.45) is 2.87. The van der Waals surface area contributed by atoms with Gasteiger partial charge in [0, 0.05) is 23.6 Å². The van der Waals surface area contributed by atoms with Gasteiger partial charge < -0.3 is 10.0 Å². The molecule has 2 heterocycles. The Bertz CT molecular complexity index is 453. The zero-order valence-corrected chi connectivity index (χ0v) is 11.9. The van der Waals surface area contributed by atoms with E-state index in [1.165, 1.54) is 0 Å². The van der Waals surface area contributed by atoms with E-state index in [1.807, 2.05) is 30.9 Å². The Morgan fingerprint density at radius 1 is 1.42 bits per heavy atom. The van der Waals surface area contributed by atoms with Crippen LogP contribution in [0.2, 0.25) is 0 Å². The fourth-order valence-electron chi connectivity index (χ4n) is 2.93. The van der Waals surface area contributed by atoms with Crippen molar-refractivity contribution in [2.24, 2.45) is 5.92 Å². The van der Waals surface area contributed by atoms with Crippen LogP contribution >= 0.6 is 0 Å². The van der Waals surface area contributed by atoms with Crippen molar-refractivity contribution in [3.63, 3.8) is 0 Å². The second kappa shape index (κ2) is 5.59. The van der Waals surface area contributed by atoms with Crippen LogP contribution in [0.4, 0.5) is 5.69 Å². The summed E-state index contributed by atoms with van der Waals surface area (Å²) in [4.78, 5) is 17.9. The van der Waals surface area contributed by atoms with Crippen molar-refractivity contribution in [1.82, 2.24) is 4.98 Å². The van der Waals surface area contributed by atoms with Gasteiger partial charge in [0.15, 0.2) is 0 Å². The van der Waals surface area contributed by atoms with Crippen LogP contribution in [0.3, 0.4) is 0 Å². The predicted octanol–water partition coefficient (Wildman–Crippen LogP) is 2.78. The summed E-state index contributed by atoms with van der Waals surface area (Å²) in [6, 6.07) is 3.56. The standard InChI is InChI=1S/C15H22N2O2/c1-4-12-5-6-17(14(9-12)15(18)19)13-7-10(2)16-11(3)8-13/h7-8,12,14H,4-6,9H2,1-3H3,(H,18,19). The second-order valence-corrected chi connectivity index (χ2v) is 5.45. The van der Waals surface area contributed by atoms with Crippen molar-refractivity contribution < 1.29 is 9.90 Å². The largest absolute Gasteiger partial charge is 0.480 e. The summed E-state index contributed by atoms with van der Waals surface area (Å²) >= 11 is 0. The predicted molar refractivity (Wildman–Crippen MR) is 75.5 cm³/mol. The number of carboxylic acids is 1. The summed E-state index contributed by atoms with van der Waals surface area (Å²) in [5, 5.41) is 9.46. The maximum absolute atomic E-state index is 11.5. The average molecular weight is 262 g/mol. The molecule has 0 saturated carbocycles. The molecule has 0 bridgehead atoms. The summed E-state index contributed by atoms with van der Waals surface area (Å²) in [5.74, 6) is -0.188. The van der Waals surface area contributed by atoms with Crippen LogP contribution in [0.5, 0.6) is 0 Å². The molecule has 0 aromatic carbocycles. The molecule has 1 aliphatic heterocycles. The molecule has 0 amide bonds. The highest BCUT2D eigenvalue weighted by molar-refractivity contribution is 5.78. The van der Waals surface area contributed by atoms with Crippen LogP contribution in [-0.4, -0.2) is 28.6 Å². The summed E-state index contributed by atoms with van der Waals surface area (Å²) in [6.45, 7) is 6.86. The van der Waals surface area contributed by atoms with Crippen LogP contribution in [0.1, 0.15) is 37.6 Å². The molecule has 0 aliphatic carbocycles. The van der Waals surface area contributed by atoms with Crippen molar-refractivity contribution in [3.05, 3.63) is 23.5 Å². The van der Waals surface area contributed by atoms with Gasteiger partial charge in [0.25, 0.3) is 0 Å². The zero-order chi connectivity index (χ0) is 14.0. The Labute approximate surface area is 114 Å². The second-order valence-electron chi connectivity index (χ2n) is 5.45. The third-order valence-corrected chi connectivity index (χ3v) is 3.97. The molecule has 1 aromatic heterocycles. The van der Waals surface area contributed by atoms with E-state index in [-0.39, 0.29) is 0 Å². The third-order valence-electron chi connectivity index (χ3n) is 3.97. The van der Waals surface area contributed by atoms with Gasteiger partial charge in [-0.25, -0.2) is 4.79 Å². The van der Waals surface area contributed by atoms with Crippen molar-refractivity contribution in [3.8, 4) is 0 Å². The van der Waals surface area contributed by atoms with Crippen LogP contribution in [-0.2, 0) is 4.79 Å². The number of carboxylic acid groups (broad SMARTS) is 1. The Balaban J connectivity index is 2.28. The first-order valence-corrected chi connectivity index (χ1v) is 6.96. The van der Waals surface area contributed by atoms with E-state index in [4.69, 9.17) is 0 Å². The first-order valence-electron chi connectivity index (χ1n) is 6.96. The van der Waals surface area contributed by atoms with Gasteiger partial charge in [-0.05, 0) is 44.7 Å². The van der Waals surface area contributed by atoms with E-state index in [0.29, 0.717) is 5.92 Å². The fraction of sp³-hybridized carbons (Fsp3) is 0.600. The number of pyridine rings is 1. The van der Waals surface area contributed by atoms with Crippen LogP contribution < -0.4 is 4.90 Å². The van der Waals surface area contributed by atoms with Gasteiger partial charge in [-0.15, -0.1) is 0 Å². The Hall–Kier alpha value is -1.58. The highest BCUT2D eigenvalue weighted by Gasteiger charge is 2.32. The number of hydrogen-bond acceptors (Lipinski definition) is 3. The molecular weight excluding hydrogens is 240 g/mol. The highest BCUT2D eigenvalue weighted by atomic mass is 16.4. The maximum Gasteiger partial charge on any atom is 0.326 e. The lowest BCUT2D eigenvalue weighted by atomic mass is 9.88. The number of aromatic nitrogens is 1. The normalized spacial score (nSPS) is 23.4. The molecule has 4 nitrogen and oxygen atoms in total. The van der Waals surface area contributed by atoms with Crippen LogP contribution in [0.25, 0.3) is 0 Å². The lowest BCUT2D eigenvalue weighted by molar-refractivity contribution is -0.139. The fourth-order valence-corrected chi connectivity index (χ4v) is 2.93. The molecule has 2 unspecified atom stereocenters. The van der Waals surface area contributed by atoms with Gasteiger partial charge in [-0.3, -0.25) is 4.98 Å². The minimum atomic E-state index is -0.717. The molecule has 2 atom stereocenters. The van der Waals surface area contributed by atoms with E-state index in [2.05, 4.69) is 11.9 Å². The quantitative estimate of drug-likeness (QED) is 0.910. The summed E-state index contributed by atoms with van der Waals surface area (Å²) < 4.78 is 0. The number of anilines is 1. The minimum absolute atomic E-state index is 0.403. The lowest BCUT2D eigenvalue weighted by Crippen LogP contribution is -2.47. The van der Waals surface area contributed by atoms with Crippen LogP contribution in [0, 0.1) is 19.8 Å². The SMILES string of the molecule is CCC1CCN(c2cc(C)nc(C)c2)C(C(=O)O)C1. The molecule has 104 valence electrons. The Morgan fingerprint density at radius 3 is 2.58 bits per heavy atom. The van der Waals surface area contributed by atoms with Gasteiger partial charge in [-0.2, -0.15) is 0 Å². The number of carbonyl (C=O) groups is 1. The molecule has 2 rings (SSSR count). The number of nitrogens with zero attached hydrogens (tertiary/aromatic N) is 2. The van der Waals surface area contributed by atoms with E-state index >= 15 is 0 Å². The van der Waals surface area contributed by atoms with E-state index in [9.17, 15) is 9.90 Å². The number of hydrogen-bond donors (Lipinski definition) is 1. The first kappa shape index (κ1) is 13.8. The van der Waals surface area contributed by atoms with E-state index in [1.54, 1.807) is 0 Å². The van der Waals surface area contributed by atoms with E-state index < -0.39 is 12.0 Å². The molecule has 1 aromatic rings. The van der Waals surface area contributed by atoms with Crippen molar-refractivity contribution >= 4 is 11.7 Å². The smallest absolute Gasteiger partial charge is 0.326 e. The van der Waals surface area contributed by atoms with Gasteiger partial charge >= 0.3 is 5.97 Å². The summed E-state index contributed by atoms with van der Waals surface area (Å²) in [7, 11) is 0. The number of rotatable bonds is 3. The molecular formula is C15H22N2O2. The lowest BCUT2D eigenvalue weighted by Gasteiger charge is -2.38.